The quantitative estimate of drug-likeness (QED) is 0.0212. The minimum absolute atomic E-state index is 0.0291. The number of aliphatic hydroxyl groups is 4. The number of halogens is 1. The number of pyridine rings is 2. The van der Waals surface area contributed by atoms with Crippen LogP contribution in [-0.2, 0) is 84.2 Å². The lowest BCUT2D eigenvalue weighted by Gasteiger charge is -2.38. The van der Waals surface area contributed by atoms with Gasteiger partial charge in [0.25, 0.3) is 11.5 Å². The van der Waals surface area contributed by atoms with Crippen LogP contribution in [0.4, 0.5) is 4.39 Å². The first-order valence-corrected chi connectivity index (χ1v) is 27.6. The molecule has 2 aromatic carbocycles. The minimum atomic E-state index is -2.07. The van der Waals surface area contributed by atoms with E-state index in [1.54, 1.807) is 19.9 Å². The molecule has 2 aliphatic carbocycles. The SMILES string of the molecule is C=C(COCC(=O)N[C@H]1CCc2c(C)c(F)cc3nc4c(c1c23)Cn1c-4cc2c(c1=O)COC(=O)[C@]2(O)CC)C(=O)CCC(=O)OCc1ccc(O[C@@H]2O[C@H](C(=O)O)[C@@H](O)[C@H](O)[C@H]2O)c(C(=O)NCCNC(=O)COC2C#CCCCCC2)c1. The van der Waals surface area contributed by atoms with Crippen molar-refractivity contribution in [2.24, 2.45) is 0 Å². The van der Waals surface area contributed by atoms with Crippen molar-refractivity contribution in [2.75, 3.05) is 32.9 Å². The summed E-state index contributed by atoms with van der Waals surface area (Å²) in [7, 11) is 0. The van der Waals surface area contributed by atoms with E-state index in [4.69, 9.17) is 33.4 Å². The van der Waals surface area contributed by atoms with Crippen molar-refractivity contribution in [2.45, 2.75) is 146 Å². The molecule has 25 heteroatoms. The number of aromatic nitrogens is 2. The van der Waals surface area contributed by atoms with E-state index < -0.39 is 115 Å². The van der Waals surface area contributed by atoms with Gasteiger partial charge in [0, 0.05) is 54.1 Å². The van der Waals surface area contributed by atoms with E-state index in [0.29, 0.717) is 63.8 Å². The second-order valence-electron chi connectivity index (χ2n) is 21.2. The lowest BCUT2D eigenvalue weighted by atomic mass is 9.81. The molecule has 84 heavy (non-hydrogen) atoms. The zero-order valence-electron chi connectivity index (χ0n) is 46.1. The fraction of sp³-hybridized carbons (Fsp3) is 0.475. The summed E-state index contributed by atoms with van der Waals surface area (Å²) >= 11 is 0. The summed E-state index contributed by atoms with van der Waals surface area (Å²) in [4.78, 5) is 109. The number of Topliss-reactive ketones (excluding diaryl/α,β-unsaturated/α-hetero) is 1. The summed E-state index contributed by atoms with van der Waals surface area (Å²) in [6.45, 7) is 5.02. The third-order valence-corrected chi connectivity index (χ3v) is 15.6. The summed E-state index contributed by atoms with van der Waals surface area (Å²) in [5, 5.41) is 60.9. The van der Waals surface area contributed by atoms with E-state index >= 15 is 4.39 Å². The molecule has 5 heterocycles. The number of cyclic esters (lactones) is 1. The van der Waals surface area contributed by atoms with Gasteiger partial charge in [-0.05, 0) is 85.9 Å². The molecule has 8 N–H and O–H groups in total. The highest BCUT2D eigenvalue weighted by atomic mass is 19.1. The second-order valence-corrected chi connectivity index (χ2v) is 21.2. The first kappa shape index (κ1) is 60.6. The average Bonchev–Trinajstić information content (AvgIpc) is 2.04. The molecule has 0 saturated carbocycles. The minimum Gasteiger partial charge on any atom is -0.479 e. The fourth-order valence-corrected chi connectivity index (χ4v) is 10.9. The van der Waals surface area contributed by atoms with E-state index in [0.717, 1.165) is 25.7 Å². The van der Waals surface area contributed by atoms with E-state index in [1.807, 2.05) is 0 Å². The Morgan fingerprint density at radius 3 is 2.49 bits per heavy atom. The predicted molar refractivity (Wildman–Crippen MR) is 290 cm³/mol. The van der Waals surface area contributed by atoms with Crippen LogP contribution in [-0.4, -0.2) is 146 Å². The molecule has 9 rings (SSSR count). The number of carboxylic acids is 1. The Morgan fingerprint density at radius 2 is 1.71 bits per heavy atom. The number of carboxylic acid groups (broad SMARTS) is 1. The lowest BCUT2D eigenvalue weighted by molar-refractivity contribution is -0.271. The van der Waals surface area contributed by atoms with Crippen LogP contribution in [0.5, 0.6) is 5.75 Å². The molecular weight excluding hydrogens is 1100 g/mol. The Kier molecular flexibility index (Phi) is 18.7. The maximum Gasteiger partial charge on any atom is 0.343 e. The summed E-state index contributed by atoms with van der Waals surface area (Å²) < 4.78 is 49.7. The normalized spacial score (nSPS) is 23.0. The van der Waals surface area contributed by atoms with Crippen molar-refractivity contribution in [1.82, 2.24) is 25.5 Å². The number of rotatable bonds is 22. The maximum absolute atomic E-state index is 15.4. The third-order valence-electron chi connectivity index (χ3n) is 15.6. The van der Waals surface area contributed by atoms with Gasteiger partial charge in [-0.25, -0.2) is 19.0 Å². The van der Waals surface area contributed by atoms with Crippen LogP contribution in [0.25, 0.3) is 22.3 Å². The number of ether oxygens (including phenoxy) is 6. The summed E-state index contributed by atoms with van der Waals surface area (Å²) in [6.07, 6.45) is -5.93. The number of hydrogen-bond acceptors (Lipinski definition) is 19. The molecule has 1 fully saturated rings. The number of fused-ring (bicyclic) bond motifs is 5. The second kappa shape index (κ2) is 25.9. The van der Waals surface area contributed by atoms with Crippen LogP contribution < -0.4 is 26.2 Å². The van der Waals surface area contributed by atoms with Crippen LogP contribution in [0, 0.1) is 24.6 Å². The molecule has 5 aliphatic rings. The third kappa shape index (κ3) is 12.7. The monoisotopic (exact) mass is 1170 g/mol. The number of nitrogens with zero attached hydrogens (tertiary/aromatic N) is 2. The molecule has 8 atom stereocenters. The van der Waals surface area contributed by atoms with Crippen LogP contribution >= 0.6 is 0 Å². The number of hydrogen-bond donors (Lipinski definition) is 8. The lowest BCUT2D eigenvalue weighted by Crippen LogP contribution is -2.61. The molecule has 0 spiro atoms. The van der Waals surface area contributed by atoms with Crippen molar-refractivity contribution in [3.05, 3.63) is 103 Å². The van der Waals surface area contributed by atoms with Gasteiger partial charge in [-0.2, -0.15) is 0 Å². The van der Waals surface area contributed by atoms with Gasteiger partial charge < -0.3 is 74.5 Å². The van der Waals surface area contributed by atoms with Gasteiger partial charge in [0.05, 0.1) is 53.6 Å². The average molecular weight is 1170 g/mol. The molecule has 1 unspecified atom stereocenters. The van der Waals surface area contributed by atoms with Crippen molar-refractivity contribution in [1.29, 1.82) is 0 Å². The number of amides is 3. The number of aliphatic carboxylic acids is 1. The summed E-state index contributed by atoms with van der Waals surface area (Å²) in [5.41, 5.74) is 0.934. The molecule has 1 saturated heterocycles. The van der Waals surface area contributed by atoms with Gasteiger partial charge in [0.15, 0.2) is 17.5 Å². The highest BCUT2D eigenvalue weighted by molar-refractivity contribution is 5.98. The molecule has 3 aliphatic heterocycles. The Hall–Kier alpha value is -7.96. The number of benzene rings is 2. The Balaban J connectivity index is 0.785. The first-order chi connectivity index (χ1) is 40.2. The van der Waals surface area contributed by atoms with Crippen LogP contribution in [0.3, 0.4) is 0 Å². The van der Waals surface area contributed by atoms with Gasteiger partial charge in [0.2, 0.25) is 18.1 Å². The van der Waals surface area contributed by atoms with E-state index in [9.17, 15) is 63.9 Å². The number of ketones is 1. The van der Waals surface area contributed by atoms with E-state index in [-0.39, 0.29) is 92.0 Å². The first-order valence-electron chi connectivity index (χ1n) is 27.6. The van der Waals surface area contributed by atoms with Crippen molar-refractivity contribution in [3.63, 3.8) is 0 Å². The molecule has 2 aromatic heterocycles. The predicted octanol–water partition coefficient (Wildman–Crippen LogP) is 1.77. The van der Waals surface area contributed by atoms with E-state index in [1.165, 1.54) is 28.8 Å². The van der Waals surface area contributed by atoms with Crippen LogP contribution in [0.2, 0.25) is 0 Å². The number of esters is 2. The van der Waals surface area contributed by atoms with Gasteiger partial charge >= 0.3 is 17.9 Å². The van der Waals surface area contributed by atoms with Crippen molar-refractivity contribution >= 4 is 52.3 Å². The number of aliphatic hydroxyl groups excluding tert-OH is 3. The van der Waals surface area contributed by atoms with Crippen LogP contribution in [0.15, 0.2) is 47.3 Å². The standard InChI is InChI=1S/C59H64FN5O19/c1-4-59(78)37-21-41-49-35(23-65(41)55(74)36(37)26-82-58(59)77)48-39(14-13-33-30(3)38(60)22-40(64-49)47(33)48)63-45(68)27-79-24-29(2)42(66)15-17-46(69)81-25-31-12-16-43(83-57-52(72)50(70)51(71)53(84-57)56(75)76)34(20-31)54(73)62-19-18-61-44(67)28-80-32-10-8-6-5-7-9-11-32/h12,16,20-22,32,39,50-53,57,70-72,78H,2,4-8,10,13-15,17-19,23-28H2,1,3H3,(H,61,67)(H,62,73)(H,63,68)(H,75,76)/t32?,39-,50-,51-,52+,53-,57+,59-/m0/s1. The van der Waals surface area contributed by atoms with Gasteiger partial charge in [-0.3, -0.25) is 28.8 Å². The molecule has 3 amide bonds. The van der Waals surface area contributed by atoms with Gasteiger partial charge in [-0.1, -0.05) is 31.9 Å². The number of carbonyl (C=O) groups excluding carboxylic acids is 6. The number of carbonyl (C=O) groups is 7. The Labute approximate surface area is 479 Å². The smallest absolute Gasteiger partial charge is 0.343 e. The van der Waals surface area contributed by atoms with Gasteiger partial charge in [0.1, 0.15) is 62.4 Å². The molecular formula is C59H64FN5O19. The van der Waals surface area contributed by atoms with E-state index in [2.05, 4.69) is 34.4 Å². The maximum atomic E-state index is 15.4. The number of aryl methyl sites for hydroxylation is 1. The highest BCUT2D eigenvalue weighted by Crippen LogP contribution is 2.46. The molecule has 4 aromatic rings. The largest absolute Gasteiger partial charge is 0.479 e. The summed E-state index contributed by atoms with van der Waals surface area (Å²) in [6, 6.07) is 6.07. The fourth-order valence-electron chi connectivity index (χ4n) is 10.9. The number of nitrogens with one attached hydrogen (secondary N) is 3. The van der Waals surface area contributed by atoms with Crippen molar-refractivity contribution < 1.29 is 91.9 Å². The zero-order valence-corrected chi connectivity index (χ0v) is 46.1. The molecule has 0 radical (unpaired) electrons. The highest BCUT2D eigenvalue weighted by Gasteiger charge is 2.49. The Morgan fingerprint density at radius 1 is 0.929 bits per heavy atom. The zero-order chi connectivity index (χ0) is 60.1. The molecule has 0 bridgehead atoms. The van der Waals surface area contributed by atoms with Crippen molar-refractivity contribution in [3.8, 4) is 29.0 Å². The summed E-state index contributed by atoms with van der Waals surface area (Å²) in [5.74, 6) is -0.443. The van der Waals surface area contributed by atoms with Crippen LogP contribution in [0.1, 0.15) is 120 Å². The molecule has 446 valence electrons. The topological polar surface area (TPSA) is 347 Å². The molecule has 24 nitrogen and oxygen atoms in total. The van der Waals surface area contributed by atoms with Gasteiger partial charge in [-0.15, -0.1) is 5.92 Å². The Bertz CT molecular complexity index is 3460.